The van der Waals surface area contributed by atoms with Crippen molar-refractivity contribution in [3.63, 3.8) is 0 Å². The average molecular weight is 376 g/mol. The van der Waals surface area contributed by atoms with Crippen molar-refractivity contribution >= 4 is 23.5 Å². The Balaban J connectivity index is 1.77. The van der Waals surface area contributed by atoms with E-state index in [1.54, 1.807) is 30.3 Å². The van der Waals surface area contributed by atoms with Gasteiger partial charge in [-0.1, -0.05) is 23.7 Å². The molecular weight excluding hydrogens is 358 g/mol. The van der Waals surface area contributed by atoms with Crippen LogP contribution in [0.3, 0.4) is 0 Å². The molecule has 8 heteroatoms. The van der Waals surface area contributed by atoms with Crippen molar-refractivity contribution in [2.45, 2.75) is 19.4 Å². The molecule has 26 heavy (non-hydrogen) atoms. The van der Waals surface area contributed by atoms with E-state index in [2.05, 4.69) is 5.10 Å². The molecule has 7 nitrogen and oxygen atoms in total. The Kier molecular flexibility index (Phi) is 5.37. The lowest BCUT2D eigenvalue weighted by Crippen LogP contribution is -2.44. The van der Waals surface area contributed by atoms with Crippen LogP contribution in [0.2, 0.25) is 5.02 Å². The van der Waals surface area contributed by atoms with Crippen molar-refractivity contribution < 1.29 is 14.7 Å². The topological polar surface area (TPSA) is 92.5 Å². The first kappa shape index (κ1) is 18.1. The number of aromatic nitrogens is 2. The van der Waals surface area contributed by atoms with E-state index in [9.17, 15) is 14.4 Å². The molecule has 1 saturated heterocycles. The minimum Gasteiger partial charge on any atom is -0.481 e. The first-order valence-electron chi connectivity index (χ1n) is 8.29. The largest absolute Gasteiger partial charge is 0.481 e. The number of carbonyl (C=O) groups excluding carboxylic acids is 1. The molecule has 0 bridgehead atoms. The number of halogens is 1. The van der Waals surface area contributed by atoms with Crippen LogP contribution >= 0.6 is 11.6 Å². The predicted molar refractivity (Wildman–Crippen MR) is 95.9 cm³/mol. The number of piperidine rings is 1. The third kappa shape index (κ3) is 4.11. The summed E-state index contributed by atoms with van der Waals surface area (Å²) >= 11 is 5.88. The van der Waals surface area contributed by atoms with Crippen LogP contribution in [0, 0.1) is 5.92 Å². The van der Waals surface area contributed by atoms with Gasteiger partial charge in [-0.2, -0.15) is 5.10 Å². The molecule has 3 rings (SSSR count). The number of aliphatic carboxylic acids is 1. The standard InChI is InChI=1S/C18H18ClN3O4/c19-14-5-3-12(4-6-14)15-7-8-16(23)22(20-15)11-17(24)21-9-1-2-13(10-21)18(25)26/h3-8,13H,1-2,9-11H2,(H,25,26)/t13-/m0/s1. The van der Waals surface area contributed by atoms with E-state index in [4.69, 9.17) is 16.7 Å². The number of amides is 1. The van der Waals surface area contributed by atoms with E-state index in [1.165, 1.54) is 11.0 Å². The van der Waals surface area contributed by atoms with Gasteiger partial charge in [0.2, 0.25) is 5.91 Å². The van der Waals surface area contributed by atoms with Gasteiger partial charge in [0.25, 0.3) is 5.56 Å². The zero-order valence-electron chi connectivity index (χ0n) is 14.0. The second-order valence-corrected chi connectivity index (χ2v) is 6.67. The van der Waals surface area contributed by atoms with Gasteiger partial charge in [0.15, 0.2) is 0 Å². The Hall–Kier alpha value is -2.67. The van der Waals surface area contributed by atoms with Gasteiger partial charge in [0, 0.05) is 29.7 Å². The molecule has 136 valence electrons. The monoisotopic (exact) mass is 375 g/mol. The van der Waals surface area contributed by atoms with Crippen molar-refractivity contribution in [2.75, 3.05) is 13.1 Å². The Labute approximate surface area is 154 Å². The highest BCUT2D eigenvalue weighted by atomic mass is 35.5. The van der Waals surface area contributed by atoms with E-state index in [1.807, 2.05) is 0 Å². The molecule has 0 radical (unpaired) electrons. The van der Waals surface area contributed by atoms with Crippen LogP contribution in [0.5, 0.6) is 0 Å². The minimum absolute atomic E-state index is 0.166. The van der Waals surface area contributed by atoms with Crippen molar-refractivity contribution in [3.05, 3.63) is 51.8 Å². The van der Waals surface area contributed by atoms with Crippen LogP contribution in [0.1, 0.15) is 12.8 Å². The molecule has 1 aliphatic rings. The van der Waals surface area contributed by atoms with Gasteiger partial charge in [-0.15, -0.1) is 0 Å². The van der Waals surface area contributed by atoms with Gasteiger partial charge >= 0.3 is 5.97 Å². The highest BCUT2D eigenvalue weighted by Gasteiger charge is 2.28. The molecule has 1 fully saturated rings. The second-order valence-electron chi connectivity index (χ2n) is 6.24. The quantitative estimate of drug-likeness (QED) is 0.880. The predicted octanol–water partition coefficient (Wildman–Crippen LogP) is 1.89. The van der Waals surface area contributed by atoms with Crippen molar-refractivity contribution in [1.29, 1.82) is 0 Å². The SMILES string of the molecule is O=C(O)[C@H]1CCCN(C(=O)Cn2nc(-c3ccc(Cl)cc3)ccc2=O)C1. The summed E-state index contributed by atoms with van der Waals surface area (Å²) in [4.78, 5) is 37.2. The molecule has 0 spiro atoms. The molecule has 1 amide bonds. The van der Waals surface area contributed by atoms with E-state index in [-0.39, 0.29) is 24.6 Å². The fourth-order valence-corrected chi connectivity index (χ4v) is 3.10. The summed E-state index contributed by atoms with van der Waals surface area (Å²) in [6.07, 6.45) is 1.19. The summed E-state index contributed by atoms with van der Waals surface area (Å²) in [7, 11) is 0. The van der Waals surface area contributed by atoms with Gasteiger partial charge < -0.3 is 10.0 Å². The molecule has 2 aromatic rings. The Morgan fingerprint density at radius 1 is 1.19 bits per heavy atom. The Bertz CT molecular complexity index is 879. The number of nitrogens with zero attached hydrogens (tertiary/aromatic N) is 3. The molecule has 0 aliphatic carbocycles. The maximum absolute atomic E-state index is 12.5. The highest BCUT2D eigenvalue weighted by Crippen LogP contribution is 2.19. The first-order chi connectivity index (χ1) is 12.4. The lowest BCUT2D eigenvalue weighted by molar-refractivity contribution is -0.145. The maximum Gasteiger partial charge on any atom is 0.308 e. The molecule has 1 N–H and O–H groups in total. The van der Waals surface area contributed by atoms with Gasteiger partial charge in [-0.3, -0.25) is 14.4 Å². The van der Waals surface area contributed by atoms with Crippen LogP contribution in [-0.4, -0.2) is 44.8 Å². The molecule has 2 heterocycles. The summed E-state index contributed by atoms with van der Waals surface area (Å²) in [5.74, 6) is -1.76. The second kappa shape index (κ2) is 7.70. The smallest absolute Gasteiger partial charge is 0.308 e. The lowest BCUT2D eigenvalue weighted by atomic mass is 9.98. The van der Waals surface area contributed by atoms with Crippen molar-refractivity contribution in [1.82, 2.24) is 14.7 Å². The van der Waals surface area contributed by atoms with Crippen LogP contribution in [0.4, 0.5) is 0 Å². The van der Waals surface area contributed by atoms with Crippen LogP contribution < -0.4 is 5.56 Å². The number of likely N-dealkylation sites (tertiary alicyclic amines) is 1. The first-order valence-corrected chi connectivity index (χ1v) is 8.66. The van der Waals surface area contributed by atoms with Crippen LogP contribution in [0.25, 0.3) is 11.3 Å². The third-order valence-corrected chi connectivity index (χ3v) is 4.67. The fraction of sp³-hybridized carbons (Fsp3) is 0.333. The molecule has 0 saturated carbocycles. The zero-order chi connectivity index (χ0) is 18.7. The third-order valence-electron chi connectivity index (χ3n) is 4.41. The van der Waals surface area contributed by atoms with Gasteiger partial charge in [-0.05, 0) is 31.0 Å². The summed E-state index contributed by atoms with van der Waals surface area (Å²) < 4.78 is 1.11. The zero-order valence-corrected chi connectivity index (χ0v) is 14.7. The molecule has 1 aromatic carbocycles. The average Bonchev–Trinajstić information content (AvgIpc) is 2.64. The van der Waals surface area contributed by atoms with Gasteiger partial charge in [-0.25, -0.2) is 4.68 Å². The number of carbonyl (C=O) groups is 2. The summed E-state index contributed by atoms with van der Waals surface area (Å²) in [6, 6.07) is 9.96. The van der Waals surface area contributed by atoms with Gasteiger partial charge in [0.05, 0.1) is 11.6 Å². The van der Waals surface area contributed by atoms with E-state index in [0.717, 1.165) is 10.2 Å². The lowest BCUT2D eigenvalue weighted by Gasteiger charge is -2.30. The number of carboxylic acids is 1. The number of benzene rings is 1. The Morgan fingerprint density at radius 3 is 2.62 bits per heavy atom. The van der Waals surface area contributed by atoms with E-state index in [0.29, 0.717) is 30.1 Å². The van der Waals surface area contributed by atoms with Crippen molar-refractivity contribution in [2.24, 2.45) is 5.92 Å². The number of carboxylic acid groups (broad SMARTS) is 1. The summed E-state index contributed by atoms with van der Waals surface area (Å²) in [6.45, 7) is 0.445. The van der Waals surface area contributed by atoms with E-state index >= 15 is 0 Å². The molecule has 1 aromatic heterocycles. The molecule has 0 unspecified atom stereocenters. The molecule has 1 aliphatic heterocycles. The highest BCUT2D eigenvalue weighted by molar-refractivity contribution is 6.30. The Morgan fingerprint density at radius 2 is 1.92 bits per heavy atom. The van der Waals surface area contributed by atoms with Crippen molar-refractivity contribution in [3.8, 4) is 11.3 Å². The number of rotatable bonds is 4. The normalized spacial score (nSPS) is 17.1. The minimum atomic E-state index is -0.900. The molecule has 1 atom stereocenters. The number of hydrogen-bond acceptors (Lipinski definition) is 4. The maximum atomic E-state index is 12.5. The summed E-state index contributed by atoms with van der Waals surface area (Å²) in [5.41, 5.74) is 0.943. The summed E-state index contributed by atoms with van der Waals surface area (Å²) in [5, 5.41) is 14.0. The fourth-order valence-electron chi connectivity index (χ4n) is 2.97. The van der Waals surface area contributed by atoms with Crippen LogP contribution in [0.15, 0.2) is 41.2 Å². The van der Waals surface area contributed by atoms with Crippen LogP contribution in [-0.2, 0) is 16.1 Å². The van der Waals surface area contributed by atoms with Gasteiger partial charge in [0.1, 0.15) is 6.54 Å². The van der Waals surface area contributed by atoms with E-state index < -0.39 is 11.9 Å². The number of hydrogen-bond donors (Lipinski definition) is 1. The molecular formula is C18H18ClN3O4.